The summed E-state index contributed by atoms with van der Waals surface area (Å²) in [4.78, 5) is 32.0. The topological polar surface area (TPSA) is 74.3 Å². The maximum Gasteiger partial charge on any atom is 0.234 e. The van der Waals surface area contributed by atoms with Crippen LogP contribution >= 0.6 is 11.3 Å². The van der Waals surface area contributed by atoms with Gasteiger partial charge in [0.25, 0.3) is 0 Å². The van der Waals surface area contributed by atoms with Gasteiger partial charge in [0.2, 0.25) is 11.8 Å². The Labute approximate surface area is 163 Å². The Balaban J connectivity index is 1.23. The van der Waals surface area contributed by atoms with Gasteiger partial charge in [-0.25, -0.2) is 4.98 Å². The summed E-state index contributed by atoms with van der Waals surface area (Å²) in [6.45, 7) is 2.59. The molecule has 1 aromatic carbocycles. The zero-order chi connectivity index (χ0) is 18.6. The van der Waals surface area contributed by atoms with Crippen LogP contribution in [0.5, 0.6) is 0 Å². The number of rotatable bonds is 7. The molecule has 1 aliphatic heterocycles. The summed E-state index contributed by atoms with van der Waals surface area (Å²) in [6, 6.07) is 10.2. The molecular formula is C20H24N4O2S. The van der Waals surface area contributed by atoms with Gasteiger partial charge in [-0.2, -0.15) is 0 Å². The number of nitrogens with zero attached hydrogens (tertiary/aromatic N) is 2. The summed E-state index contributed by atoms with van der Waals surface area (Å²) < 4.78 is 0. The summed E-state index contributed by atoms with van der Waals surface area (Å²) in [5, 5.41) is 6.63. The van der Waals surface area contributed by atoms with Crippen molar-refractivity contribution >= 4 is 28.3 Å². The molecular weight excluding hydrogens is 360 g/mol. The second kappa shape index (κ2) is 8.19. The van der Waals surface area contributed by atoms with E-state index in [0.717, 1.165) is 49.3 Å². The zero-order valence-corrected chi connectivity index (χ0v) is 16.1. The smallest absolute Gasteiger partial charge is 0.234 e. The van der Waals surface area contributed by atoms with Crippen LogP contribution in [0.25, 0.3) is 0 Å². The quantitative estimate of drug-likeness (QED) is 0.768. The van der Waals surface area contributed by atoms with E-state index in [1.165, 1.54) is 16.9 Å². The molecule has 4 rings (SSSR count). The molecule has 2 heterocycles. The molecule has 6 nitrogen and oxygen atoms in total. The fraction of sp³-hybridized carbons (Fsp3) is 0.450. The molecule has 27 heavy (non-hydrogen) atoms. The average molecular weight is 385 g/mol. The maximum absolute atomic E-state index is 12.2. The highest BCUT2D eigenvalue weighted by atomic mass is 32.1. The normalized spacial score (nSPS) is 16.6. The van der Waals surface area contributed by atoms with E-state index in [1.54, 1.807) is 0 Å². The van der Waals surface area contributed by atoms with Crippen molar-refractivity contribution in [3.63, 3.8) is 0 Å². The monoisotopic (exact) mass is 384 g/mol. The lowest BCUT2D eigenvalue weighted by Gasteiger charge is -2.25. The van der Waals surface area contributed by atoms with Crippen molar-refractivity contribution in [2.75, 3.05) is 25.0 Å². The van der Waals surface area contributed by atoms with E-state index in [9.17, 15) is 9.59 Å². The first kappa shape index (κ1) is 18.1. The van der Waals surface area contributed by atoms with E-state index in [2.05, 4.69) is 32.7 Å². The predicted octanol–water partition coefficient (Wildman–Crippen LogP) is 2.21. The van der Waals surface area contributed by atoms with Gasteiger partial charge < -0.3 is 10.6 Å². The molecule has 1 aromatic heterocycles. The SMILES string of the molecule is O=C(CN1CCc2nc(NC(=O)C3CC3)sc2C1)NCCc1ccccc1. The molecule has 1 fully saturated rings. The van der Waals surface area contributed by atoms with Crippen LogP contribution in [0.2, 0.25) is 0 Å². The van der Waals surface area contributed by atoms with Crippen LogP contribution in [-0.4, -0.2) is 41.3 Å². The number of aromatic nitrogens is 1. The first-order chi connectivity index (χ1) is 13.2. The second-order valence-electron chi connectivity index (χ2n) is 7.20. The Hall–Kier alpha value is -2.25. The largest absolute Gasteiger partial charge is 0.355 e. The van der Waals surface area contributed by atoms with E-state index >= 15 is 0 Å². The van der Waals surface area contributed by atoms with Crippen LogP contribution in [0.4, 0.5) is 5.13 Å². The van der Waals surface area contributed by atoms with Gasteiger partial charge in [0.1, 0.15) is 0 Å². The fourth-order valence-corrected chi connectivity index (χ4v) is 4.29. The molecule has 0 atom stereocenters. The van der Waals surface area contributed by atoms with Crippen LogP contribution in [0.1, 0.15) is 29.0 Å². The summed E-state index contributed by atoms with van der Waals surface area (Å²) >= 11 is 1.54. The van der Waals surface area contributed by atoms with Gasteiger partial charge in [-0.15, -0.1) is 11.3 Å². The van der Waals surface area contributed by atoms with Crippen molar-refractivity contribution in [3.05, 3.63) is 46.5 Å². The van der Waals surface area contributed by atoms with E-state index in [1.807, 2.05) is 18.2 Å². The molecule has 1 saturated carbocycles. The number of hydrogen-bond donors (Lipinski definition) is 2. The van der Waals surface area contributed by atoms with Crippen LogP contribution in [0.15, 0.2) is 30.3 Å². The Morgan fingerprint density at radius 2 is 2.04 bits per heavy atom. The minimum absolute atomic E-state index is 0.0566. The van der Waals surface area contributed by atoms with Crippen molar-refractivity contribution in [1.82, 2.24) is 15.2 Å². The number of carbonyl (C=O) groups is 2. The Morgan fingerprint density at radius 1 is 1.22 bits per heavy atom. The number of carbonyl (C=O) groups excluding carboxylic acids is 2. The summed E-state index contributed by atoms with van der Waals surface area (Å²) in [6.07, 6.45) is 3.65. The standard InChI is InChI=1S/C20H24N4O2S/c25-18(21-10-8-14-4-2-1-3-5-14)13-24-11-9-16-17(12-24)27-20(22-16)23-19(26)15-6-7-15/h1-5,15H,6-13H2,(H,21,25)(H,22,23,26). The third-order valence-electron chi connectivity index (χ3n) is 4.93. The number of amides is 2. The number of thiazole rings is 1. The molecule has 142 valence electrons. The lowest BCUT2D eigenvalue weighted by molar-refractivity contribution is -0.122. The molecule has 2 aromatic rings. The molecule has 2 N–H and O–H groups in total. The van der Waals surface area contributed by atoms with Gasteiger partial charge in [0.15, 0.2) is 5.13 Å². The van der Waals surface area contributed by atoms with Gasteiger partial charge in [0.05, 0.1) is 12.2 Å². The third kappa shape index (κ3) is 4.93. The number of fused-ring (bicyclic) bond motifs is 1. The van der Waals surface area contributed by atoms with E-state index < -0.39 is 0 Å². The molecule has 7 heteroatoms. The molecule has 0 spiro atoms. The Morgan fingerprint density at radius 3 is 2.81 bits per heavy atom. The van der Waals surface area contributed by atoms with Crippen molar-refractivity contribution in [2.24, 2.45) is 5.92 Å². The van der Waals surface area contributed by atoms with Gasteiger partial charge in [0, 0.05) is 36.9 Å². The van der Waals surface area contributed by atoms with Crippen molar-refractivity contribution < 1.29 is 9.59 Å². The summed E-state index contributed by atoms with van der Waals surface area (Å²) in [5.41, 5.74) is 2.29. The van der Waals surface area contributed by atoms with Crippen LogP contribution in [-0.2, 0) is 29.0 Å². The highest BCUT2D eigenvalue weighted by Gasteiger charge is 2.31. The van der Waals surface area contributed by atoms with Crippen molar-refractivity contribution in [1.29, 1.82) is 0 Å². The molecule has 2 amide bonds. The molecule has 1 aliphatic carbocycles. The second-order valence-corrected chi connectivity index (χ2v) is 8.28. The number of benzene rings is 1. The van der Waals surface area contributed by atoms with Crippen LogP contribution in [0.3, 0.4) is 0 Å². The Kier molecular flexibility index (Phi) is 5.50. The van der Waals surface area contributed by atoms with E-state index in [0.29, 0.717) is 18.2 Å². The number of nitrogens with one attached hydrogen (secondary N) is 2. The molecule has 0 saturated heterocycles. The van der Waals surface area contributed by atoms with Gasteiger partial charge in [-0.1, -0.05) is 30.3 Å². The lowest BCUT2D eigenvalue weighted by atomic mass is 10.1. The fourth-order valence-electron chi connectivity index (χ4n) is 3.24. The summed E-state index contributed by atoms with van der Waals surface area (Å²) in [7, 11) is 0. The third-order valence-corrected chi connectivity index (χ3v) is 5.93. The van der Waals surface area contributed by atoms with Crippen LogP contribution in [0, 0.1) is 5.92 Å². The van der Waals surface area contributed by atoms with Gasteiger partial charge in [-0.3, -0.25) is 14.5 Å². The molecule has 2 aliphatic rings. The van der Waals surface area contributed by atoms with Crippen molar-refractivity contribution in [3.8, 4) is 0 Å². The lowest BCUT2D eigenvalue weighted by Crippen LogP contribution is -2.40. The highest BCUT2D eigenvalue weighted by molar-refractivity contribution is 7.15. The Bertz CT molecular complexity index is 817. The minimum atomic E-state index is 0.0566. The predicted molar refractivity (Wildman–Crippen MR) is 106 cm³/mol. The van der Waals surface area contributed by atoms with E-state index in [4.69, 9.17) is 0 Å². The number of hydrogen-bond acceptors (Lipinski definition) is 5. The molecule has 0 unspecified atom stereocenters. The van der Waals surface area contributed by atoms with Gasteiger partial charge in [-0.05, 0) is 24.8 Å². The zero-order valence-electron chi connectivity index (χ0n) is 15.2. The number of anilines is 1. The minimum Gasteiger partial charge on any atom is -0.355 e. The maximum atomic E-state index is 12.2. The summed E-state index contributed by atoms with van der Waals surface area (Å²) in [5.74, 6) is 0.332. The van der Waals surface area contributed by atoms with Crippen LogP contribution < -0.4 is 10.6 Å². The van der Waals surface area contributed by atoms with Crippen molar-refractivity contribution in [2.45, 2.75) is 32.2 Å². The first-order valence-corrected chi connectivity index (χ1v) is 10.3. The first-order valence-electron chi connectivity index (χ1n) is 9.50. The highest BCUT2D eigenvalue weighted by Crippen LogP contribution is 2.32. The van der Waals surface area contributed by atoms with Gasteiger partial charge >= 0.3 is 0 Å². The average Bonchev–Trinajstić information content (AvgIpc) is 3.44. The molecule has 0 bridgehead atoms. The molecule has 0 radical (unpaired) electrons. The van der Waals surface area contributed by atoms with E-state index in [-0.39, 0.29) is 17.7 Å².